The third-order valence-corrected chi connectivity index (χ3v) is 4.74. The van der Waals surface area contributed by atoms with E-state index in [0.29, 0.717) is 5.56 Å². The van der Waals surface area contributed by atoms with Crippen LogP contribution >= 0.6 is 0 Å². The average Bonchev–Trinajstić information content (AvgIpc) is 2.62. The third-order valence-electron chi connectivity index (χ3n) is 4.74. The molecular weight excluding hydrogens is 355 g/mol. The minimum atomic E-state index is -0.709. The van der Waals surface area contributed by atoms with Crippen LogP contribution in [-0.2, 0) is 22.6 Å². The second-order valence-electron chi connectivity index (χ2n) is 7.56. The van der Waals surface area contributed by atoms with Crippen LogP contribution in [0.1, 0.15) is 43.0 Å². The highest BCUT2D eigenvalue weighted by molar-refractivity contribution is 5.88. The summed E-state index contributed by atoms with van der Waals surface area (Å²) in [4.78, 5) is 27.2. The lowest BCUT2D eigenvalue weighted by Crippen LogP contribution is -2.49. The number of rotatable bonds is 7. The van der Waals surface area contributed by atoms with Gasteiger partial charge in [0.05, 0.1) is 6.42 Å². The SMILES string of the molecule is Cc1ccc(C)c(CC(=O)N(Cc2ccccc2F)C(C)C(=O)NC(C)C)c1. The van der Waals surface area contributed by atoms with Crippen molar-refractivity contribution in [2.24, 2.45) is 0 Å². The predicted octanol–water partition coefficient (Wildman–Crippen LogP) is 3.93. The number of aryl methyl sites for hydroxylation is 2. The molecule has 2 aromatic rings. The van der Waals surface area contributed by atoms with Gasteiger partial charge in [-0.15, -0.1) is 0 Å². The van der Waals surface area contributed by atoms with Gasteiger partial charge in [0.25, 0.3) is 0 Å². The van der Waals surface area contributed by atoms with E-state index in [1.165, 1.54) is 11.0 Å². The van der Waals surface area contributed by atoms with E-state index in [-0.39, 0.29) is 36.6 Å². The van der Waals surface area contributed by atoms with Crippen molar-refractivity contribution in [3.63, 3.8) is 0 Å². The summed E-state index contributed by atoms with van der Waals surface area (Å²) in [7, 11) is 0. The van der Waals surface area contributed by atoms with Crippen molar-refractivity contribution in [1.29, 1.82) is 0 Å². The molecule has 1 unspecified atom stereocenters. The Morgan fingerprint density at radius 1 is 1.04 bits per heavy atom. The van der Waals surface area contributed by atoms with E-state index in [0.717, 1.165) is 16.7 Å². The smallest absolute Gasteiger partial charge is 0.242 e. The Labute approximate surface area is 166 Å². The van der Waals surface area contributed by atoms with E-state index in [4.69, 9.17) is 0 Å². The quantitative estimate of drug-likeness (QED) is 0.786. The summed E-state index contributed by atoms with van der Waals surface area (Å²) in [6, 6.07) is 11.5. The molecule has 0 aliphatic heterocycles. The van der Waals surface area contributed by atoms with Crippen LogP contribution in [0.5, 0.6) is 0 Å². The summed E-state index contributed by atoms with van der Waals surface area (Å²) in [6.45, 7) is 9.39. The van der Waals surface area contributed by atoms with Crippen LogP contribution in [0.4, 0.5) is 4.39 Å². The summed E-state index contributed by atoms with van der Waals surface area (Å²) in [5.41, 5.74) is 3.39. The second-order valence-corrected chi connectivity index (χ2v) is 7.56. The van der Waals surface area contributed by atoms with Crippen molar-refractivity contribution in [3.05, 3.63) is 70.5 Å². The van der Waals surface area contributed by atoms with Crippen molar-refractivity contribution in [1.82, 2.24) is 10.2 Å². The summed E-state index contributed by atoms with van der Waals surface area (Å²) in [6.07, 6.45) is 0.168. The lowest BCUT2D eigenvalue weighted by atomic mass is 10.0. The normalized spacial score (nSPS) is 12.0. The highest BCUT2D eigenvalue weighted by Crippen LogP contribution is 2.17. The van der Waals surface area contributed by atoms with Crippen molar-refractivity contribution in [2.45, 2.75) is 59.7 Å². The molecule has 1 atom stereocenters. The number of carbonyl (C=O) groups excluding carboxylic acids is 2. The zero-order chi connectivity index (χ0) is 20.8. The Morgan fingerprint density at radius 2 is 1.71 bits per heavy atom. The predicted molar refractivity (Wildman–Crippen MR) is 109 cm³/mol. The molecule has 4 nitrogen and oxygen atoms in total. The Kier molecular flexibility index (Phi) is 7.32. The molecule has 2 aromatic carbocycles. The highest BCUT2D eigenvalue weighted by atomic mass is 19.1. The maximum atomic E-state index is 14.2. The first-order valence-electron chi connectivity index (χ1n) is 9.58. The van der Waals surface area contributed by atoms with E-state index >= 15 is 0 Å². The van der Waals surface area contributed by atoms with Crippen LogP contribution in [0.3, 0.4) is 0 Å². The van der Waals surface area contributed by atoms with Crippen molar-refractivity contribution in [2.75, 3.05) is 0 Å². The fourth-order valence-electron chi connectivity index (χ4n) is 3.05. The molecule has 150 valence electrons. The Morgan fingerprint density at radius 3 is 2.36 bits per heavy atom. The maximum Gasteiger partial charge on any atom is 0.242 e. The fraction of sp³-hybridized carbons (Fsp3) is 0.391. The minimum Gasteiger partial charge on any atom is -0.352 e. The second kappa shape index (κ2) is 9.49. The van der Waals surface area contributed by atoms with Gasteiger partial charge in [-0.2, -0.15) is 0 Å². The average molecular weight is 384 g/mol. The summed E-state index contributed by atoms with van der Waals surface area (Å²) < 4.78 is 14.2. The standard InChI is InChI=1S/C23H29FN2O2/c1-15(2)25-23(28)18(5)26(14-19-8-6-7-9-21(19)24)22(27)13-20-12-16(3)10-11-17(20)4/h6-12,15,18H,13-14H2,1-5H3,(H,25,28). The Balaban J connectivity index is 2.30. The van der Waals surface area contributed by atoms with Gasteiger partial charge in [-0.3, -0.25) is 9.59 Å². The molecule has 2 rings (SSSR count). The fourth-order valence-corrected chi connectivity index (χ4v) is 3.05. The van der Waals surface area contributed by atoms with Crippen LogP contribution in [0.25, 0.3) is 0 Å². The number of hydrogen-bond donors (Lipinski definition) is 1. The van der Waals surface area contributed by atoms with Crippen LogP contribution < -0.4 is 5.32 Å². The summed E-state index contributed by atoms with van der Waals surface area (Å²) >= 11 is 0. The molecular formula is C23H29FN2O2. The van der Waals surface area contributed by atoms with Gasteiger partial charge in [-0.25, -0.2) is 4.39 Å². The number of hydrogen-bond acceptors (Lipinski definition) is 2. The van der Waals surface area contributed by atoms with Gasteiger partial charge in [-0.1, -0.05) is 42.0 Å². The van der Waals surface area contributed by atoms with Crippen LogP contribution in [0.15, 0.2) is 42.5 Å². The zero-order valence-corrected chi connectivity index (χ0v) is 17.3. The van der Waals surface area contributed by atoms with Gasteiger partial charge in [0.1, 0.15) is 11.9 Å². The first-order chi connectivity index (χ1) is 13.2. The maximum absolute atomic E-state index is 14.2. The molecule has 0 fully saturated rings. The van der Waals surface area contributed by atoms with E-state index in [1.807, 2.05) is 45.9 Å². The largest absolute Gasteiger partial charge is 0.352 e. The molecule has 0 saturated carbocycles. The first kappa shape index (κ1) is 21.6. The van der Waals surface area contributed by atoms with Crippen LogP contribution in [-0.4, -0.2) is 28.8 Å². The number of benzene rings is 2. The first-order valence-corrected chi connectivity index (χ1v) is 9.58. The molecule has 5 heteroatoms. The molecule has 0 saturated heterocycles. The summed E-state index contributed by atoms with van der Waals surface area (Å²) in [5.74, 6) is -0.840. The third kappa shape index (κ3) is 5.65. The van der Waals surface area contributed by atoms with E-state index < -0.39 is 6.04 Å². The topological polar surface area (TPSA) is 49.4 Å². The molecule has 0 aliphatic rings. The molecule has 0 spiro atoms. The molecule has 2 amide bonds. The lowest BCUT2D eigenvalue weighted by Gasteiger charge is -2.30. The van der Waals surface area contributed by atoms with Crippen molar-refractivity contribution < 1.29 is 14.0 Å². The Bertz CT molecular complexity index is 848. The van der Waals surface area contributed by atoms with Gasteiger partial charge in [0, 0.05) is 18.2 Å². The van der Waals surface area contributed by atoms with E-state index in [9.17, 15) is 14.0 Å². The van der Waals surface area contributed by atoms with Gasteiger partial charge < -0.3 is 10.2 Å². The minimum absolute atomic E-state index is 0.0422. The van der Waals surface area contributed by atoms with Crippen molar-refractivity contribution >= 4 is 11.8 Å². The van der Waals surface area contributed by atoms with E-state index in [2.05, 4.69) is 5.32 Å². The molecule has 1 N–H and O–H groups in total. The summed E-state index contributed by atoms with van der Waals surface area (Å²) in [5, 5.41) is 2.84. The van der Waals surface area contributed by atoms with Gasteiger partial charge in [0.2, 0.25) is 11.8 Å². The molecule has 0 aliphatic carbocycles. The van der Waals surface area contributed by atoms with Gasteiger partial charge in [-0.05, 0) is 51.8 Å². The lowest BCUT2D eigenvalue weighted by molar-refractivity contribution is -0.140. The number of nitrogens with zero attached hydrogens (tertiary/aromatic N) is 1. The number of amides is 2. The van der Waals surface area contributed by atoms with Gasteiger partial charge in [0.15, 0.2) is 0 Å². The van der Waals surface area contributed by atoms with Gasteiger partial charge >= 0.3 is 0 Å². The zero-order valence-electron chi connectivity index (χ0n) is 17.3. The van der Waals surface area contributed by atoms with E-state index in [1.54, 1.807) is 25.1 Å². The van der Waals surface area contributed by atoms with Crippen molar-refractivity contribution in [3.8, 4) is 0 Å². The Hall–Kier alpha value is -2.69. The monoisotopic (exact) mass is 384 g/mol. The van der Waals surface area contributed by atoms with Crippen LogP contribution in [0.2, 0.25) is 0 Å². The number of nitrogens with one attached hydrogen (secondary N) is 1. The highest BCUT2D eigenvalue weighted by Gasteiger charge is 2.27. The molecule has 28 heavy (non-hydrogen) atoms. The molecule has 0 bridgehead atoms. The molecule has 0 heterocycles. The molecule has 0 aromatic heterocycles. The van der Waals surface area contributed by atoms with Crippen LogP contribution in [0, 0.1) is 19.7 Å². The molecule has 0 radical (unpaired) electrons. The number of halogens is 1. The number of carbonyl (C=O) groups is 2.